The molecule has 0 spiro atoms. The molecule has 2 aromatic rings. The molecule has 2 fully saturated rings. The fourth-order valence-corrected chi connectivity index (χ4v) is 4.38. The second-order valence-electron chi connectivity index (χ2n) is 8.72. The van der Waals surface area contributed by atoms with Crippen LogP contribution in [0.15, 0.2) is 60.7 Å². The van der Waals surface area contributed by atoms with Crippen molar-refractivity contribution in [3.63, 3.8) is 0 Å². The van der Waals surface area contributed by atoms with Gasteiger partial charge >= 0.3 is 14.0 Å². The van der Waals surface area contributed by atoms with Crippen LogP contribution in [-0.4, -0.2) is 36.9 Å². The van der Waals surface area contributed by atoms with Crippen molar-refractivity contribution < 1.29 is 9.68 Å². The third-order valence-corrected chi connectivity index (χ3v) is 6.83. The highest BCUT2D eigenvalue weighted by molar-refractivity contribution is 14.1. The molecule has 0 aromatic heterocycles. The molecule has 0 bridgehead atoms. The molecule has 2 heterocycles. The van der Waals surface area contributed by atoms with E-state index in [2.05, 4.69) is 52.5 Å². The summed E-state index contributed by atoms with van der Waals surface area (Å²) in [5, 5.41) is 17.6. The first-order chi connectivity index (χ1) is 17.0. The zero-order chi connectivity index (χ0) is 25.3. The first-order valence-corrected chi connectivity index (χ1v) is 13.3. The van der Waals surface area contributed by atoms with E-state index in [1.165, 1.54) is 3.57 Å². The van der Waals surface area contributed by atoms with Crippen molar-refractivity contribution >= 4 is 36.6 Å². The molecular weight excluding hydrogens is 545 g/mol. The number of rotatable bonds is 2. The summed E-state index contributed by atoms with van der Waals surface area (Å²) in [6.45, 7) is 3.80. The Bertz CT molecular complexity index is 981. The lowest BCUT2D eigenvalue weighted by atomic mass is 9.54. The average molecular weight is 578 g/mol. The minimum Gasteiger partial charge on any atom is -0.498 e. The molecule has 1 N–H and O–H groups in total. The van der Waals surface area contributed by atoms with Gasteiger partial charge < -0.3 is 14.5 Å². The highest BCUT2D eigenvalue weighted by atomic mass is 127. The van der Waals surface area contributed by atoms with Crippen LogP contribution in [0.2, 0.25) is 19.5 Å². The molecule has 4 nitrogen and oxygen atoms in total. The SMILES string of the molecule is C#CC1CCN(B(C)O)CC1.Ic1ccccc1.N#COB1CCC(C#Cc2ccccc2)CC1. The molecule has 2 aromatic carbocycles. The minimum atomic E-state index is -0.311. The highest BCUT2D eigenvalue weighted by Gasteiger charge is 2.25. The summed E-state index contributed by atoms with van der Waals surface area (Å²) < 4.78 is 6.24. The standard InChI is InChI=1S/C14H14BNO.C8H14BNO.C6H5I/c16-12-17-15-10-8-14(9-11-15)7-6-13-4-2-1-3-5-13;1-3-8-4-6-10(7-5-8)9(2)11;7-6-4-2-1-3-5-6/h1-5,14H,8-11H2;1,8,11H,4-7H2,2H3;1-5H. The van der Waals surface area contributed by atoms with Crippen molar-refractivity contribution in [3.8, 4) is 30.4 Å². The van der Waals surface area contributed by atoms with Crippen LogP contribution in [0.5, 0.6) is 0 Å². The van der Waals surface area contributed by atoms with Crippen LogP contribution < -0.4 is 0 Å². The number of nitrogens with zero attached hydrogens (tertiary/aromatic N) is 2. The Morgan fingerprint density at radius 2 is 1.57 bits per heavy atom. The number of hydrogen-bond donors (Lipinski definition) is 1. The molecule has 0 aliphatic carbocycles. The first kappa shape index (κ1) is 28.9. The zero-order valence-electron chi connectivity index (χ0n) is 20.4. The Labute approximate surface area is 225 Å². The minimum absolute atomic E-state index is 0.120. The molecule has 180 valence electrons. The van der Waals surface area contributed by atoms with E-state index < -0.39 is 0 Å². The van der Waals surface area contributed by atoms with E-state index in [0.717, 1.165) is 57.0 Å². The van der Waals surface area contributed by atoms with E-state index in [4.69, 9.17) is 16.3 Å². The summed E-state index contributed by atoms with van der Waals surface area (Å²) in [6, 6.07) is 20.3. The van der Waals surface area contributed by atoms with Crippen LogP contribution in [0, 0.1) is 51.1 Å². The highest BCUT2D eigenvalue weighted by Crippen LogP contribution is 2.25. The van der Waals surface area contributed by atoms with Gasteiger partial charge in [0, 0.05) is 21.0 Å². The molecule has 35 heavy (non-hydrogen) atoms. The van der Waals surface area contributed by atoms with Gasteiger partial charge in [-0.25, -0.2) is 0 Å². The number of benzene rings is 2. The Kier molecular flexibility index (Phi) is 14.1. The fourth-order valence-electron chi connectivity index (χ4n) is 3.96. The molecule has 0 atom stereocenters. The van der Waals surface area contributed by atoms with Crippen molar-refractivity contribution in [1.29, 1.82) is 5.26 Å². The molecular formula is C28H33B2IN2O2. The van der Waals surface area contributed by atoms with Crippen molar-refractivity contribution in [2.45, 2.75) is 45.1 Å². The molecule has 0 amide bonds. The van der Waals surface area contributed by atoms with Crippen LogP contribution in [0.1, 0.15) is 31.2 Å². The van der Waals surface area contributed by atoms with Gasteiger partial charge in [-0.05, 0) is 105 Å². The lowest BCUT2D eigenvalue weighted by Gasteiger charge is -2.30. The van der Waals surface area contributed by atoms with Crippen molar-refractivity contribution in [2.24, 2.45) is 11.8 Å². The van der Waals surface area contributed by atoms with E-state index in [-0.39, 0.29) is 14.0 Å². The lowest BCUT2D eigenvalue weighted by Crippen LogP contribution is -2.42. The van der Waals surface area contributed by atoms with Crippen LogP contribution >= 0.6 is 22.6 Å². The van der Waals surface area contributed by atoms with Crippen molar-refractivity contribution in [2.75, 3.05) is 13.1 Å². The Balaban J connectivity index is 0.000000205. The van der Waals surface area contributed by atoms with Crippen molar-refractivity contribution in [3.05, 3.63) is 69.8 Å². The number of hydrogen-bond acceptors (Lipinski definition) is 4. The van der Waals surface area contributed by atoms with Crippen molar-refractivity contribution in [1.82, 2.24) is 4.81 Å². The van der Waals surface area contributed by atoms with E-state index >= 15 is 0 Å². The number of nitriles is 1. The van der Waals surface area contributed by atoms with E-state index in [1.54, 1.807) is 13.1 Å². The number of halogens is 1. The summed E-state index contributed by atoms with van der Waals surface area (Å²) in [6.07, 6.45) is 13.1. The lowest BCUT2D eigenvalue weighted by molar-refractivity contribution is 0.282. The second-order valence-corrected chi connectivity index (χ2v) is 9.97. The average Bonchev–Trinajstić information content (AvgIpc) is 2.90. The van der Waals surface area contributed by atoms with Gasteiger partial charge in [-0.15, -0.1) is 12.3 Å². The largest absolute Gasteiger partial charge is 0.498 e. The molecule has 2 aliphatic heterocycles. The normalized spacial score (nSPS) is 16.0. The second kappa shape index (κ2) is 17.1. The molecule has 2 aliphatic rings. The third-order valence-electron chi connectivity index (χ3n) is 6.11. The smallest absolute Gasteiger partial charge is 0.376 e. The van der Waals surface area contributed by atoms with Gasteiger partial charge in [0.05, 0.1) is 0 Å². The molecule has 7 heteroatoms. The fraction of sp³-hybridized carbons (Fsp3) is 0.393. The van der Waals surface area contributed by atoms with Crippen LogP contribution in [-0.2, 0) is 4.65 Å². The number of piperidine rings is 1. The Hall–Kier alpha value is -2.37. The summed E-state index contributed by atoms with van der Waals surface area (Å²) >= 11 is 2.28. The van der Waals surface area contributed by atoms with Gasteiger partial charge in [-0.3, -0.25) is 0 Å². The Morgan fingerprint density at radius 1 is 1.00 bits per heavy atom. The van der Waals surface area contributed by atoms with Gasteiger partial charge in [0.15, 0.2) is 0 Å². The maximum absolute atomic E-state index is 9.21. The molecule has 0 radical (unpaired) electrons. The zero-order valence-corrected chi connectivity index (χ0v) is 22.6. The summed E-state index contributed by atoms with van der Waals surface area (Å²) in [5.74, 6) is 10.2. The van der Waals surface area contributed by atoms with Gasteiger partial charge in [0.25, 0.3) is 6.26 Å². The monoisotopic (exact) mass is 578 g/mol. The van der Waals surface area contributed by atoms with Gasteiger partial charge in [-0.2, -0.15) is 5.26 Å². The summed E-state index contributed by atoms with van der Waals surface area (Å²) in [5.41, 5.74) is 1.07. The van der Waals surface area contributed by atoms with Gasteiger partial charge in [0.2, 0.25) is 0 Å². The van der Waals surface area contributed by atoms with Crippen LogP contribution in [0.25, 0.3) is 0 Å². The summed E-state index contributed by atoms with van der Waals surface area (Å²) in [4.78, 5) is 2.05. The molecule has 2 saturated heterocycles. The van der Waals surface area contributed by atoms with Gasteiger partial charge in [0.1, 0.15) is 0 Å². The quantitative estimate of drug-likeness (QED) is 0.216. The van der Waals surface area contributed by atoms with Crippen LogP contribution in [0.3, 0.4) is 0 Å². The predicted octanol–water partition coefficient (Wildman–Crippen LogP) is 5.67. The maximum Gasteiger partial charge on any atom is 0.376 e. The van der Waals surface area contributed by atoms with E-state index in [9.17, 15) is 5.02 Å². The first-order valence-electron chi connectivity index (χ1n) is 12.2. The third kappa shape index (κ3) is 12.2. The van der Waals surface area contributed by atoms with E-state index in [1.807, 2.05) is 53.3 Å². The maximum atomic E-state index is 9.21. The predicted molar refractivity (Wildman–Crippen MR) is 154 cm³/mol. The molecule has 4 rings (SSSR count). The topological polar surface area (TPSA) is 56.5 Å². The van der Waals surface area contributed by atoms with Crippen LogP contribution in [0.4, 0.5) is 0 Å². The summed E-state index contributed by atoms with van der Waals surface area (Å²) in [7, 11) is -0.311. The number of terminal acetylenes is 1. The molecule has 0 saturated carbocycles. The van der Waals surface area contributed by atoms with E-state index in [0.29, 0.717) is 11.8 Å². The molecule has 0 unspecified atom stereocenters. The van der Waals surface area contributed by atoms with Gasteiger partial charge in [-0.1, -0.05) is 48.2 Å². The Morgan fingerprint density at radius 3 is 2.03 bits per heavy atom.